The summed E-state index contributed by atoms with van der Waals surface area (Å²) >= 11 is 1.89. The van der Waals surface area contributed by atoms with Crippen LogP contribution in [-0.4, -0.2) is 57.6 Å². The number of benzene rings is 2. The van der Waals surface area contributed by atoms with E-state index in [1.54, 1.807) is 0 Å². The van der Waals surface area contributed by atoms with Gasteiger partial charge < -0.3 is 14.4 Å². The molecule has 0 bridgehead atoms. The Morgan fingerprint density at radius 1 is 0.733 bits per heavy atom. The van der Waals surface area contributed by atoms with E-state index in [1.165, 1.54) is 122 Å². The van der Waals surface area contributed by atoms with Crippen LogP contribution >= 0.6 is 35.3 Å². The number of rotatable bonds is 17. The molecule has 4 aliphatic rings. The number of fused-ring (bicyclic) bond motifs is 2. The molecule has 0 unspecified atom stereocenters. The Kier molecular flexibility index (Phi) is 18.3. The number of hydrogen-bond acceptors (Lipinski definition) is 5. The molecule has 3 heterocycles. The summed E-state index contributed by atoms with van der Waals surface area (Å²) in [7, 11) is 0. The summed E-state index contributed by atoms with van der Waals surface area (Å²) in [5, 5.41) is 1.41. The lowest BCUT2D eigenvalue weighted by molar-refractivity contribution is 0.0964. The SMILES string of the molecule is C.CCCCCCCCCCCCCCCCCc1cc2nc3ccc(N4CCOCC4)cc3sc-2cc1=[N+]1CCOCC1.I. The van der Waals surface area contributed by atoms with Crippen LogP contribution in [-0.2, 0) is 15.9 Å². The van der Waals surface area contributed by atoms with Gasteiger partial charge in [0.1, 0.15) is 13.2 Å². The molecule has 5 nitrogen and oxygen atoms in total. The molecule has 0 N–H and O–H groups in total. The summed E-state index contributed by atoms with van der Waals surface area (Å²) in [6, 6.07) is 11.6. The van der Waals surface area contributed by atoms with E-state index in [0.717, 1.165) is 70.2 Å². The monoisotopic (exact) mass is 750 g/mol. The van der Waals surface area contributed by atoms with Gasteiger partial charge in [0, 0.05) is 30.4 Å². The standard InChI is InChI=1S/C37H56N3O2S.CH4.HI/c1-2-3-4-5-6-7-8-9-10-11-12-13-14-15-16-17-31-28-34-37(30-35(31)40-22-26-42-27-23-40)43-36-29-32(18-19-33(36)38-34)39-20-24-41-25-21-39;;/h18-19,28-30H,2-17,20-27H2,1H3;1H4;1H/q+1;;. The van der Waals surface area contributed by atoms with Gasteiger partial charge in [-0.05, 0) is 37.1 Å². The first kappa shape index (κ1) is 38.2. The second-order valence-electron chi connectivity index (χ2n) is 12.7. The van der Waals surface area contributed by atoms with Crippen LogP contribution in [0, 0.1) is 0 Å². The average molecular weight is 751 g/mol. The second-order valence-corrected chi connectivity index (χ2v) is 13.8. The van der Waals surface area contributed by atoms with E-state index in [4.69, 9.17) is 14.5 Å². The molecule has 45 heavy (non-hydrogen) atoms. The zero-order valence-corrected chi connectivity index (χ0v) is 30.5. The van der Waals surface area contributed by atoms with Gasteiger partial charge in [0.25, 0.3) is 0 Å². The van der Waals surface area contributed by atoms with Crippen LogP contribution in [0.4, 0.5) is 5.69 Å². The van der Waals surface area contributed by atoms with Crippen molar-refractivity contribution < 1.29 is 9.47 Å². The number of ether oxygens (including phenoxy) is 2. The topological polar surface area (TPSA) is 37.6 Å². The highest BCUT2D eigenvalue weighted by molar-refractivity contribution is 14.0. The lowest BCUT2D eigenvalue weighted by atomic mass is 10.0. The summed E-state index contributed by atoms with van der Waals surface area (Å²) in [6.45, 7) is 9.42. The van der Waals surface area contributed by atoms with Crippen LogP contribution in [0.15, 0.2) is 30.3 Å². The minimum Gasteiger partial charge on any atom is -0.378 e. The third-order valence-corrected chi connectivity index (χ3v) is 10.4. The van der Waals surface area contributed by atoms with Crippen molar-refractivity contribution in [2.24, 2.45) is 0 Å². The van der Waals surface area contributed by atoms with Gasteiger partial charge in [-0.3, -0.25) is 0 Å². The predicted octanol–water partition coefficient (Wildman–Crippen LogP) is 9.71. The molecule has 0 atom stereocenters. The molecule has 0 saturated carbocycles. The summed E-state index contributed by atoms with van der Waals surface area (Å²) in [5.41, 5.74) is 5.00. The lowest BCUT2D eigenvalue weighted by Gasteiger charge is -2.29. The maximum atomic E-state index is 5.70. The number of aromatic nitrogens is 1. The third kappa shape index (κ3) is 12.0. The zero-order valence-electron chi connectivity index (χ0n) is 27.3. The van der Waals surface area contributed by atoms with E-state index in [-0.39, 0.29) is 31.4 Å². The van der Waals surface area contributed by atoms with Gasteiger partial charge in [0.05, 0.1) is 34.0 Å². The van der Waals surface area contributed by atoms with Crippen LogP contribution in [0.3, 0.4) is 0 Å². The fourth-order valence-corrected chi connectivity index (χ4v) is 7.71. The Morgan fingerprint density at radius 2 is 1.31 bits per heavy atom. The number of morpholine rings is 2. The van der Waals surface area contributed by atoms with Gasteiger partial charge in [-0.15, -0.1) is 35.3 Å². The molecule has 0 aromatic heterocycles. The van der Waals surface area contributed by atoms with Crippen LogP contribution in [0.2, 0.25) is 0 Å². The van der Waals surface area contributed by atoms with Crippen molar-refractivity contribution in [2.75, 3.05) is 57.5 Å². The first-order chi connectivity index (χ1) is 21.3. The van der Waals surface area contributed by atoms with E-state index in [9.17, 15) is 0 Å². The van der Waals surface area contributed by atoms with Gasteiger partial charge >= 0.3 is 0 Å². The van der Waals surface area contributed by atoms with E-state index in [0.29, 0.717) is 0 Å². The number of nitrogens with zero attached hydrogens (tertiary/aromatic N) is 3. The number of halogens is 1. The largest absolute Gasteiger partial charge is 0.378 e. The molecule has 0 radical (unpaired) electrons. The highest BCUT2D eigenvalue weighted by Crippen LogP contribution is 2.33. The Labute approximate surface area is 295 Å². The van der Waals surface area contributed by atoms with Crippen molar-refractivity contribution in [3.8, 4) is 10.6 Å². The maximum Gasteiger partial charge on any atom is 0.204 e. The van der Waals surface area contributed by atoms with E-state index < -0.39 is 0 Å². The van der Waals surface area contributed by atoms with E-state index >= 15 is 0 Å². The van der Waals surface area contributed by atoms with E-state index in [1.807, 2.05) is 11.3 Å². The summed E-state index contributed by atoms with van der Waals surface area (Å²) in [4.78, 5) is 8.87. The average Bonchev–Trinajstić information content (AvgIpc) is 3.06. The van der Waals surface area contributed by atoms with Crippen molar-refractivity contribution in [2.45, 2.75) is 117 Å². The van der Waals surface area contributed by atoms with Crippen LogP contribution in [0.25, 0.3) is 20.8 Å². The molecule has 0 spiro atoms. The van der Waals surface area contributed by atoms with Crippen LogP contribution < -0.4 is 14.8 Å². The molecule has 252 valence electrons. The highest BCUT2D eigenvalue weighted by atomic mass is 127. The molecule has 1 aliphatic carbocycles. The molecule has 1 aromatic rings. The Balaban J connectivity index is 0.00000276. The minimum absolute atomic E-state index is 0. The van der Waals surface area contributed by atoms with Crippen molar-refractivity contribution in [3.63, 3.8) is 0 Å². The molecule has 2 saturated heterocycles. The van der Waals surface area contributed by atoms with E-state index in [2.05, 4.69) is 46.7 Å². The van der Waals surface area contributed by atoms with Crippen molar-refractivity contribution in [1.29, 1.82) is 0 Å². The first-order valence-electron chi connectivity index (χ1n) is 17.7. The molecule has 0 amide bonds. The molecule has 7 heteroatoms. The number of hydrogen-bond donors (Lipinski definition) is 0. The van der Waals surface area contributed by atoms with Gasteiger partial charge in [-0.2, -0.15) is 0 Å². The molecular formula is C38H61IN3O2S+. The van der Waals surface area contributed by atoms with Crippen molar-refractivity contribution in [3.05, 3.63) is 41.3 Å². The Morgan fingerprint density at radius 3 is 1.93 bits per heavy atom. The predicted molar refractivity (Wildman–Crippen MR) is 206 cm³/mol. The van der Waals surface area contributed by atoms with Crippen LogP contribution in [0.1, 0.15) is 116 Å². The minimum atomic E-state index is 0. The number of unbranched alkanes of at least 4 members (excludes halogenated alkanes) is 14. The van der Waals surface area contributed by atoms with Crippen LogP contribution in [0.5, 0.6) is 0 Å². The Bertz CT molecular complexity index is 1280. The van der Waals surface area contributed by atoms with Gasteiger partial charge in [-0.1, -0.05) is 104 Å². The normalized spacial score (nSPS) is 15.3. The molecule has 2 fully saturated rings. The molecule has 3 aliphatic heterocycles. The number of aryl methyl sites for hydroxylation is 1. The number of anilines is 1. The van der Waals surface area contributed by atoms with Gasteiger partial charge in [-0.25, -0.2) is 9.56 Å². The lowest BCUT2D eigenvalue weighted by Crippen LogP contribution is -2.41. The second kappa shape index (κ2) is 21.6. The fourth-order valence-electron chi connectivity index (χ4n) is 6.70. The third-order valence-electron chi connectivity index (χ3n) is 9.34. The molecule has 1 aromatic carbocycles. The summed E-state index contributed by atoms with van der Waals surface area (Å²) in [5.74, 6) is 0. The fraction of sp³-hybridized carbons (Fsp3) is 0.684. The zero-order chi connectivity index (χ0) is 29.5. The summed E-state index contributed by atoms with van der Waals surface area (Å²) in [6.07, 6.45) is 22.2. The summed E-state index contributed by atoms with van der Waals surface area (Å²) < 4.78 is 15.1. The van der Waals surface area contributed by atoms with Crippen molar-refractivity contribution in [1.82, 2.24) is 9.56 Å². The first-order valence-corrected chi connectivity index (χ1v) is 18.5. The molecular weight excluding hydrogens is 689 g/mol. The highest BCUT2D eigenvalue weighted by Gasteiger charge is 2.19. The molecule has 5 rings (SSSR count). The quantitative estimate of drug-likeness (QED) is 0.0597. The van der Waals surface area contributed by atoms with Gasteiger partial charge in [0.15, 0.2) is 13.1 Å². The maximum absolute atomic E-state index is 5.70. The smallest absolute Gasteiger partial charge is 0.204 e. The Hall–Kier alpha value is -1.29. The van der Waals surface area contributed by atoms with Crippen molar-refractivity contribution >= 4 is 51.2 Å². The van der Waals surface area contributed by atoms with Gasteiger partial charge in [0.2, 0.25) is 5.36 Å².